The van der Waals surface area contributed by atoms with Crippen LogP contribution in [0.2, 0.25) is 0 Å². The third kappa shape index (κ3) is 4.78. The normalized spacial score (nSPS) is 18.3. The Balaban J connectivity index is 2.60. The Labute approximate surface area is 121 Å². The van der Waals surface area contributed by atoms with Gasteiger partial charge in [-0.2, -0.15) is 0 Å². The van der Waals surface area contributed by atoms with Crippen molar-refractivity contribution in [2.45, 2.75) is 51.4 Å². The predicted octanol–water partition coefficient (Wildman–Crippen LogP) is 1.87. The van der Waals surface area contributed by atoms with Crippen LogP contribution in [0.1, 0.15) is 51.4 Å². The molecule has 2 N–H and O–H groups in total. The molecule has 5 nitrogen and oxygen atoms in total. The van der Waals surface area contributed by atoms with Crippen LogP contribution in [0.25, 0.3) is 0 Å². The highest BCUT2D eigenvalue weighted by atomic mass is 16.4. The minimum atomic E-state index is -0.829. The topological polar surface area (TPSA) is 69.6 Å². The Morgan fingerprint density at radius 2 is 1.80 bits per heavy atom. The molecule has 1 aliphatic carbocycles. The quantitative estimate of drug-likeness (QED) is 0.553. The molecule has 0 bridgehead atoms. The molecule has 0 aliphatic heterocycles. The molecule has 116 valence electrons. The van der Waals surface area contributed by atoms with Crippen LogP contribution in [0.15, 0.2) is 0 Å². The summed E-state index contributed by atoms with van der Waals surface area (Å²) in [6.45, 7) is 1.54. The van der Waals surface area contributed by atoms with Gasteiger partial charge in [0.15, 0.2) is 0 Å². The Kier molecular flexibility index (Phi) is 6.99. The van der Waals surface area contributed by atoms with Crippen molar-refractivity contribution < 1.29 is 14.7 Å². The smallest absolute Gasteiger partial charge is 0.310 e. The number of amides is 1. The van der Waals surface area contributed by atoms with Crippen LogP contribution in [0, 0.1) is 5.41 Å². The van der Waals surface area contributed by atoms with Crippen LogP contribution in [-0.2, 0) is 9.59 Å². The van der Waals surface area contributed by atoms with E-state index in [1.807, 2.05) is 7.05 Å². The van der Waals surface area contributed by atoms with Gasteiger partial charge in [0.2, 0.25) is 5.91 Å². The molecule has 0 aromatic carbocycles. The highest BCUT2D eigenvalue weighted by Gasteiger charge is 2.41. The van der Waals surface area contributed by atoms with Crippen LogP contribution in [0.5, 0.6) is 0 Å². The average molecular weight is 284 g/mol. The highest BCUT2D eigenvalue weighted by molar-refractivity contribution is 5.84. The van der Waals surface area contributed by atoms with Gasteiger partial charge in [0.05, 0.1) is 5.41 Å². The SMILES string of the molecule is CNCCCN(C)C(=O)CC1(C(=O)O)CCCCCC1. The van der Waals surface area contributed by atoms with Gasteiger partial charge in [0.1, 0.15) is 0 Å². The van der Waals surface area contributed by atoms with E-state index >= 15 is 0 Å². The predicted molar refractivity (Wildman–Crippen MR) is 78.6 cm³/mol. The fourth-order valence-electron chi connectivity index (χ4n) is 2.91. The van der Waals surface area contributed by atoms with Crippen molar-refractivity contribution in [1.82, 2.24) is 10.2 Å². The van der Waals surface area contributed by atoms with Crippen molar-refractivity contribution in [3.05, 3.63) is 0 Å². The van der Waals surface area contributed by atoms with E-state index in [9.17, 15) is 14.7 Å². The molecule has 0 radical (unpaired) electrons. The second-order valence-corrected chi connectivity index (χ2v) is 5.95. The van der Waals surface area contributed by atoms with E-state index in [0.717, 1.165) is 38.6 Å². The molecule has 0 unspecified atom stereocenters. The van der Waals surface area contributed by atoms with E-state index < -0.39 is 11.4 Å². The van der Waals surface area contributed by atoms with Crippen LogP contribution < -0.4 is 5.32 Å². The zero-order valence-electron chi connectivity index (χ0n) is 12.8. The van der Waals surface area contributed by atoms with E-state index in [1.54, 1.807) is 11.9 Å². The van der Waals surface area contributed by atoms with E-state index in [1.165, 1.54) is 0 Å². The summed E-state index contributed by atoms with van der Waals surface area (Å²) in [5.41, 5.74) is -0.829. The minimum Gasteiger partial charge on any atom is -0.481 e. The standard InChI is InChI=1S/C15H28N2O3/c1-16-10-7-11-17(2)13(18)12-15(14(19)20)8-5-3-4-6-9-15/h16H,3-12H2,1-2H3,(H,19,20). The fraction of sp³-hybridized carbons (Fsp3) is 0.867. The maximum absolute atomic E-state index is 12.3. The van der Waals surface area contributed by atoms with Crippen molar-refractivity contribution in [2.75, 3.05) is 27.2 Å². The summed E-state index contributed by atoms with van der Waals surface area (Å²) in [4.78, 5) is 25.6. The number of aliphatic carboxylic acids is 1. The Morgan fingerprint density at radius 3 is 2.30 bits per heavy atom. The van der Waals surface area contributed by atoms with Gasteiger partial charge in [0.25, 0.3) is 0 Å². The second-order valence-electron chi connectivity index (χ2n) is 5.95. The number of carboxylic acids is 1. The van der Waals surface area contributed by atoms with Crippen molar-refractivity contribution in [3.8, 4) is 0 Å². The number of carboxylic acid groups (broad SMARTS) is 1. The molecule has 0 heterocycles. The fourth-order valence-corrected chi connectivity index (χ4v) is 2.91. The van der Waals surface area contributed by atoms with Crippen molar-refractivity contribution in [1.29, 1.82) is 0 Å². The molecule has 1 aliphatic rings. The van der Waals surface area contributed by atoms with Gasteiger partial charge in [-0.3, -0.25) is 9.59 Å². The molecule has 20 heavy (non-hydrogen) atoms. The first kappa shape index (κ1) is 17.0. The lowest BCUT2D eigenvalue weighted by atomic mass is 9.77. The summed E-state index contributed by atoms with van der Waals surface area (Å²) < 4.78 is 0. The highest BCUT2D eigenvalue weighted by Crippen LogP contribution is 2.38. The first-order valence-corrected chi connectivity index (χ1v) is 7.64. The molecule has 1 rings (SSSR count). The van der Waals surface area contributed by atoms with Gasteiger partial charge < -0.3 is 15.3 Å². The second kappa shape index (κ2) is 8.25. The van der Waals surface area contributed by atoms with Crippen molar-refractivity contribution in [2.24, 2.45) is 5.41 Å². The molecular weight excluding hydrogens is 256 g/mol. The number of nitrogens with one attached hydrogen (secondary N) is 1. The van der Waals surface area contributed by atoms with E-state index in [4.69, 9.17) is 0 Å². The number of carbonyl (C=O) groups is 2. The van der Waals surface area contributed by atoms with Crippen LogP contribution >= 0.6 is 0 Å². The summed E-state index contributed by atoms with van der Waals surface area (Å²) in [6, 6.07) is 0. The van der Waals surface area contributed by atoms with Gasteiger partial charge >= 0.3 is 5.97 Å². The lowest BCUT2D eigenvalue weighted by molar-refractivity contribution is -0.154. The van der Waals surface area contributed by atoms with E-state index in [0.29, 0.717) is 19.4 Å². The number of hydrogen-bond acceptors (Lipinski definition) is 3. The van der Waals surface area contributed by atoms with Crippen molar-refractivity contribution in [3.63, 3.8) is 0 Å². The number of carbonyl (C=O) groups excluding carboxylic acids is 1. The average Bonchev–Trinajstić information content (AvgIpc) is 2.65. The van der Waals surface area contributed by atoms with E-state index in [2.05, 4.69) is 5.32 Å². The third-order valence-electron chi connectivity index (χ3n) is 4.35. The Morgan fingerprint density at radius 1 is 1.20 bits per heavy atom. The largest absolute Gasteiger partial charge is 0.481 e. The maximum atomic E-state index is 12.3. The molecule has 0 aromatic heterocycles. The third-order valence-corrected chi connectivity index (χ3v) is 4.35. The number of hydrogen-bond donors (Lipinski definition) is 2. The van der Waals surface area contributed by atoms with Crippen LogP contribution in [0.4, 0.5) is 0 Å². The van der Waals surface area contributed by atoms with Gasteiger partial charge in [-0.05, 0) is 32.9 Å². The summed E-state index contributed by atoms with van der Waals surface area (Å²) >= 11 is 0. The molecule has 1 amide bonds. The molecule has 0 atom stereocenters. The van der Waals surface area contributed by atoms with Crippen LogP contribution in [0.3, 0.4) is 0 Å². The number of nitrogens with zero attached hydrogens (tertiary/aromatic N) is 1. The first-order valence-electron chi connectivity index (χ1n) is 7.64. The molecule has 0 aromatic rings. The molecule has 5 heteroatoms. The number of rotatable bonds is 7. The van der Waals surface area contributed by atoms with Gasteiger partial charge in [-0.1, -0.05) is 25.7 Å². The summed E-state index contributed by atoms with van der Waals surface area (Å²) in [5.74, 6) is -0.832. The lowest BCUT2D eigenvalue weighted by Gasteiger charge is -2.29. The van der Waals surface area contributed by atoms with Gasteiger partial charge in [-0.15, -0.1) is 0 Å². The summed E-state index contributed by atoms with van der Waals surface area (Å²) in [5, 5.41) is 12.6. The van der Waals surface area contributed by atoms with Gasteiger partial charge in [-0.25, -0.2) is 0 Å². The summed E-state index contributed by atoms with van der Waals surface area (Å²) in [6.07, 6.45) is 6.32. The maximum Gasteiger partial charge on any atom is 0.310 e. The van der Waals surface area contributed by atoms with Crippen molar-refractivity contribution >= 4 is 11.9 Å². The first-order chi connectivity index (χ1) is 9.52. The van der Waals surface area contributed by atoms with E-state index in [-0.39, 0.29) is 12.3 Å². The Bertz CT molecular complexity index is 323. The summed E-state index contributed by atoms with van der Waals surface area (Å²) in [7, 11) is 3.65. The molecular formula is C15H28N2O3. The van der Waals surface area contributed by atoms with Crippen LogP contribution in [-0.4, -0.2) is 49.1 Å². The lowest BCUT2D eigenvalue weighted by Crippen LogP contribution is -2.39. The molecule has 1 fully saturated rings. The molecule has 0 saturated heterocycles. The van der Waals surface area contributed by atoms with Gasteiger partial charge in [0, 0.05) is 20.0 Å². The Hall–Kier alpha value is -1.10. The zero-order chi connectivity index (χ0) is 15.0. The molecule has 1 saturated carbocycles. The monoisotopic (exact) mass is 284 g/mol. The molecule has 0 spiro atoms. The minimum absolute atomic E-state index is 0.0367. The zero-order valence-corrected chi connectivity index (χ0v) is 12.8.